The maximum absolute atomic E-state index is 5.40. The minimum atomic E-state index is 0.525. The molecule has 3 rings (SSSR count). The molecule has 1 saturated heterocycles. The molecule has 2 aliphatic heterocycles. The molecule has 0 unspecified atom stereocenters. The van der Waals surface area contributed by atoms with Crippen LogP contribution in [0, 0.1) is 0 Å². The van der Waals surface area contributed by atoms with E-state index in [2.05, 4.69) is 28.4 Å². The molecular weight excluding hydrogens is 236 g/mol. The van der Waals surface area contributed by atoms with Gasteiger partial charge in [0, 0.05) is 19.1 Å². The zero-order valence-corrected chi connectivity index (χ0v) is 11.8. The van der Waals surface area contributed by atoms with Crippen LogP contribution in [0.2, 0.25) is 0 Å². The summed E-state index contributed by atoms with van der Waals surface area (Å²) in [5, 5.41) is 3.56. The molecule has 0 amide bonds. The van der Waals surface area contributed by atoms with E-state index in [0.29, 0.717) is 6.04 Å². The van der Waals surface area contributed by atoms with E-state index in [9.17, 15) is 0 Å². The smallest absolute Gasteiger partial charge is 0.119 e. The lowest BCUT2D eigenvalue weighted by Crippen LogP contribution is -2.40. The molecule has 0 aromatic heterocycles. The van der Waals surface area contributed by atoms with Crippen LogP contribution in [0.5, 0.6) is 5.75 Å². The highest BCUT2D eigenvalue weighted by Crippen LogP contribution is 2.31. The summed E-state index contributed by atoms with van der Waals surface area (Å²) in [7, 11) is 1.75. The first kappa shape index (κ1) is 12.9. The average Bonchev–Trinajstić information content (AvgIpc) is 2.75. The third-order valence-electron chi connectivity index (χ3n) is 4.45. The Bertz CT molecular complexity index is 425. The summed E-state index contributed by atoms with van der Waals surface area (Å²) < 4.78 is 5.40. The fraction of sp³-hybridized carbons (Fsp3) is 0.625. The van der Waals surface area contributed by atoms with Gasteiger partial charge in [-0.1, -0.05) is 18.9 Å². The maximum Gasteiger partial charge on any atom is 0.119 e. The van der Waals surface area contributed by atoms with Gasteiger partial charge in [-0.25, -0.2) is 0 Å². The van der Waals surface area contributed by atoms with Crippen molar-refractivity contribution >= 4 is 0 Å². The fourth-order valence-corrected chi connectivity index (χ4v) is 3.36. The van der Waals surface area contributed by atoms with Crippen LogP contribution in [0.1, 0.15) is 42.9 Å². The van der Waals surface area contributed by atoms with Gasteiger partial charge < -0.3 is 10.1 Å². The Labute approximate surface area is 115 Å². The van der Waals surface area contributed by atoms with Crippen molar-refractivity contribution in [3.63, 3.8) is 0 Å². The van der Waals surface area contributed by atoms with Gasteiger partial charge in [-0.2, -0.15) is 0 Å². The van der Waals surface area contributed by atoms with Crippen molar-refractivity contribution in [2.45, 2.75) is 38.3 Å². The molecule has 3 heteroatoms. The molecule has 0 aliphatic carbocycles. The minimum absolute atomic E-state index is 0.525. The summed E-state index contributed by atoms with van der Waals surface area (Å²) in [4.78, 5) is 2.66. The van der Waals surface area contributed by atoms with Crippen LogP contribution < -0.4 is 10.1 Å². The van der Waals surface area contributed by atoms with Crippen molar-refractivity contribution in [1.82, 2.24) is 10.2 Å². The first-order valence-corrected chi connectivity index (χ1v) is 7.50. The molecule has 0 bridgehead atoms. The molecule has 2 heterocycles. The van der Waals surface area contributed by atoms with Gasteiger partial charge in [0.2, 0.25) is 0 Å². The zero-order chi connectivity index (χ0) is 13.1. The third-order valence-corrected chi connectivity index (χ3v) is 4.45. The molecule has 3 nitrogen and oxygen atoms in total. The predicted octanol–water partition coefficient (Wildman–Crippen LogP) is 2.72. The monoisotopic (exact) mass is 260 g/mol. The second-order valence-corrected chi connectivity index (χ2v) is 5.66. The molecule has 0 spiro atoms. The van der Waals surface area contributed by atoms with Gasteiger partial charge in [0.05, 0.1) is 7.11 Å². The molecule has 104 valence electrons. The largest absolute Gasteiger partial charge is 0.497 e. The Morgan fingerprint density at radius 3 is 2.68 bits per heavy atom. The van der Waals surface area contributed by atoms with Gasteiger partial charge in [0.1, 0.15) is 5.75 Å². The van der Waals surface area contributed by atoms with E-state index >= 15 is 0 Å². The highest BCUT2D eigenvalue weighted by atomic mass is 16.5. The van der Waals surface area contributed by atoms with Gasteiger partial charge >= 0.3 is 0 Å². The van der Waals surface area contributed by atoms with Crippen molar-refractivity contribution in [1.29, 1.82) is 0 Å². The molecule has 0 radical (unpaired) electrons. The van der Waals surface area contributed by atoms with E-state index in [1.165, 1.54) is 49.9 Å². The van der Waals surface area contributed by atoms with Crippen LogP contribution >= 0.6 is 0 Å². The van der Waals surface area contributed by atoms with Gasteiger partial charge in [-0.05, 0) is 49.2 Å². The molecule has 1 aromatic carbocycles. The molecule has 19 heavy (non-hydrogen) atoms. The SMILES string of the molecule is COc1ccc2c(c1)[C@@H](N1CCCCCC1)CNC2. The summed E-state index contributed by atoms with van der Waals surface area (Å²) in [6.45, 7) is 4.54. The molecule has 1 N–H and O–H groups in total. The second-order valence-electron chi connectivity index (χ2n) is 5.66. The van der Waals surface area contributed by atoms with Crippen molar-refractivity contribution in [2.24, 2.45) is 0 Å². The lowest BCUT2D eigenvalue weighted by molar-refractivity contribution is 0.191. The van der Waals surface area contributed by atoms with Crippen LogP contribution in [0.3, 0.4) is 0 Å². The van der Waals surface area contributed by atoms with Gasteiger partial charge in [-0.15, -0.1) is 0 Å². The summed E-state index contributed by atoms with van der Waals surface area (Å²) >= 11 is 0. The average molecular weight is 260 g/mol. The third kappa shape index (κ3) is 2.77. The number of fused-ring (bicyclic) bond motifs is 1. The summed E-state index contributed by atoms with van der Waals surface area (Å²) in [5.41, 5.74) is 2.90. The number of methoxy groups -OCH3 is 1. The Kier molecular flexibility index (Phi) is 4.04. The van der Waals surface area contributed by atoms with E-state index < -0.39 is 0 Å². The minimum Gasteiger partial charge on any atom is -0.497 e. The van der Waals surface area contributed by atoms with Crippen molar-refractivity contribution in [3.8, 4) is 5.75 Å². The number of rotatable bonds is 2. The van der Waals surface area contributed by atoms with Gasteiger partial charge in [0.25, 0.3) is 0 Å². The highest BCUT2D eigenvalue weighted by molar-refractivity contribution is 5.39. The summed E-state index contributed by atoms with van der Waals surface area (Å²) in [5.74, 6) is 0.987. The summed E-state index contributed by atoms with van der Waals surface area (Å²) in [6, 6.07) is 7.05. The fourth-order valence-electron chi connectivity index (χ4n) is 3.36. The van der Waals surface area contributed by atoms with Crippen LogP contribution in [0.15, 0.2) is 18.2 Å². The first-order valence-electron chi connectivity index (χ1n) is 7.50. The predicted molar refractivity (Wildman–Crippen MR) is 77.5 cm³/mol. The van der Waals surface area contributed by atoms with Crippen molar-refractivity contribution in [2.75, 3.05) is 26.7 Å². The Morgan fingerprint density at radius 2 is 1.95 bits per heavy atom. The number of nitrogens with one attached hydrogen (secondary N) is 1. The van der Waals surface area contributed by atoms with E-state index in [1.54, 1.807) is 7.11 Å². The van der Waals surface area contributed by atoms with Crippen LogP contribution in [-0.2, 0) is 6.54 Å². The first-order chi connectivity index (χ1) is 9.38. The standard InChI is InChI=1S/C16H24N2O/c1-19-14-7-6-13-11-17-12-16(15(13)10-14)18-8-4-2-3-5-9-18/h6-7,10,16-17H,2-5,8-9,11-12H2,1H3/t16-/m0/s1. The van der Waals surface area contributed by atoms with E-state index in [0.717, 1.165) is 18.8 Å². The Balaban J connectivity index is 1.87. The van der Waals surface area contributed by atoms with Crippen molar-refractivity contribution in [3.05, 3.63) is 29.3 Å². The molecule has 2 aliphatic rings. The number of hydrogen-bond donors (Lipinski definition) is 1. The summed E-state index contributed by atoms with van der Waals surface area (Å²) in [6.07, 6.45) is 5.47. The van der Waals surface area contributed by atoms with Gasteiger partial charge in [-0.3, -0.25) is 4.90 Å². The van der Waals surface area contributed by atoms with E-state index in [4.69, 9.17) is 4.74 Å². The molecule has 1 atom stereocenters. The van der Waals surface area contributed by atoms with Crippen LogP contribution in [-0.4, -0.2) is 31.6 Å². The van der Waals surface area contributed by atoms with Gasteiger partial charge in [0.15, 0.2) is 0 Å². The maximum atomic E-state index is 5.40. The van der Waals surface area contributed by atoms with Crippen LogP contribution in [0.4, 0.5) is 0 Å². The molecule has 0 saturated carbocycles. The van der Waals surface area contributed by atoms with E-state index in [-0.39, 0.29) is 0 Å². The number of hydrogen-bond acceptors (Lipinski definition) is 3. The number of nitrogens with zero attached hydrogens (tertiary/aromatic N) is 1. The second kappa shape index (κ2) is 5.93. The van der Waals surface area contributed by atoms with E-state index in [1.807, 2.05) is 0 Å². The van der Waals surface area contributed by atoms with Crippen molar-refractivity contribution < 1.29 is 4.74 Å². The lowest BCUT2D eigenvalue weighted by atomic mass is 9.95. The number of benzene rings is 1. The molecule has 1 fully saturated rings. The molecular formula is C16H24N2O. The zero-order valence-electron chi connectivity index (χ0n) is 11.8. The number of ether oxygens (including phenoxy) is 1. The quantitative estimate of drug-likeness (QED) is 0.885. The number of likely N-dealkylation sites (tertiary alicyclic amines) is 1. The lowest BCUT2D eigenvalue weighted by Gasteiger charge is -2.35. The molecule has 1 aromatic rings. The topological polar surface area (TPSA) is 24.5 Å². The Hall–Kier alpha value is -1.06. The highest BCUT2D eigenvalue weighted by Gasteiger charge is 2.26. The van der Waals surface area contributed by atoms with Crippen LogP contribution in [0.25, 0.3) is 0 Å². The normalized spacial score (nSPS) is 24.6. The Morgan fingerprint density at radius 1 is 1.16 bits per heavy atom.